The molecule has 0 aromatic heterocycles. The summed E-state index contributed by atoms with van der Waals surface area (Å²) < 4.78 is 0. The van der Waals surface area contributed by atoms with Crippen LogP contribution < -0.4 is 16.6 Å². The number of hydrogen-bond donors (Lipinski definition) is 3. The number of rotatable bonds is 11. The maximum absolute atomic E-state index is 14.4. The van der Waals surface area contributed by atoms with Crippen LogP contribution in [0.5, 0.6) is 0 Å². The molecular formula is C35H45N5O3. The minimum atomic E-state index is -0.805. The molecule has 4 N–H and O–H groups in total. The second-order valence-corrected chi connectivity index (χ2v) is 12.5. The van der Waals surface area contributed by atoms with Crippen LogP contribution in [0.4, 0.5) is 0 Å². The van der Waals surface area contributed by atoms with Gasteiger partial charge in [0.05, 0.1) is 5.41 Å². The van der Waals surface area contributed by atoms with Gasteiger partial charge in [0.2, 0.25) is 17.7 Å². The Kier molecular flexibility index (Phi) is 10.4. The van der Waals surface area contributed by atoms with Crippen molar-refractivity contribution in [3.8, 4) is 0 Å². The second-order valence-electron chi connectivity index (χ2n) is 12.5. The molecule has 0 radical (unpaired) electrons. The van der Waals surface area contributed by atoms with E-state index in [4.69, 9.17) is 5.73 Å². The van der Waals surface area contributed by atoms with E-state index in [1.54, 1.807) is 25.1 Å². The van der Waals surface area contributed by atoms with E-state index in [1.165, 1.54) is 11.0 Å². The van der Waals surface area contributed by atoms with Crippen LogP contribution in [0.3, 0.4) is 0 Å². The lowest BCUT2D eigenvalue weighted by Gasteiger charge is -2.43. The third kappa shape index (κ3) is 8.30. The fourth-order valence-electron chi connectivity index (χ4n) is 5.89. The van der Waals surface area contributed by atoms with Crippen LogP contribution in [0.1, 0.15) is 44.2 Å². The average Bonchev–Trinajstić information content (AvgIpc) is 2.99. The predicted octanol–water partition coefficient (Wildman–Crippen LogP) is 4.00. The molecule has 1 saturated heterocycles. The fraction of sp³-hybridized carbons (Fsp3) is 0.400. The number of likely N-dealkylation sites (tertiary alicyclic amines) is 1. The average molecular weight is 584 g/mol. The largest absolute Gasteiger partial charge is 0.340 e. The van der Waals surface area contributed by atoms with Gasteiger partial charge >= 0.3 is 0 Å². The number of piperidine rings is 1. The summed E-state index contributed by atoms with van der Waals surface area (Å²) in [6.07, 6.45) is 6.00. The molecule has 43 heavy (non-hydrogen) atoms. The smallest absolute Gasteiger partial charge is 0.246 e. The van der Waals surface area contributed by atoms with Crippen LogP contribution in [0.25, 0.3) is 10.8 Å². The van der Waals surface area contributed by atoms with Gasteiger partial charge in [-0.15, -0.1) is 0 Å². The lowest BCUT2D eigenvalue weighted by Crippen LogP contribution is -2.59. The first-order valence-electron chi connectivity index (χ1n) is 15.0. The van der Waals surface area contributed by atoms with Gasteiger partial charge in [0.1, 0.15) is 6.04 Å². The van der Waals surface area contributed by atoms with Crippen LogP contribution in [0.15, 0.2) is 84.9 Å². The molecule has 0 saturated carbocycles. The van der Waals surface area contributed by atoms with Crippen molar-refractivity contribution < 1.29 is 14.4 Å². The predicted molar refractivity (Wildman–Crippen MR) is 172 cm³/mol. The maximum atomic E-state index is 14.4. The molecule has 4 rings (SSSR count). The molecule has 1 aliphatic heterocycles. The zero-order valence-electron chi connectivity index (χ0n) is 25.8. The summed E-state index contributed by atoms with van der Waals surface area (Å²) in [5.41, 5.74) is 12.4. The number of likely N-dealkylation sites (N-methyl/N-ethyl adjacent to an activating group) is 1. The number of carbonyl (C=O) groups excluding carboxylic acids is 3. The van der Waals surface area contributed by atoms with Gasteiger partial charge in [0, 0.05) is 39.1 Å². The number of nitrogens with one attached hydrogen (secondary N) is 2. The van der Waals surface area contributed by atoms with Crippen LogP contribution >= 0.6 is 0 Å². The molecule has 3 aromatic rings. The third-order valence-electron chi connectivity index (χ3n) is 8.24. The molecule has 8 nitrogen and oxygen atoms in total. The Balaban J connectivity index is 1.64. The molecule has 3 aromatic carbocycles. The molecule has 8 heteroatoms. The number of benzene rings is 3. The molecule has 1 unspecified atom stereocenters. The second kappa shape index (κ2) is 14.0. The minimum Gasteiger partial charge on any atom is -0.340 e. The monoisotopic (exact) mass is 583 g/mol. The summed E-state index contributed by atoms with van der Waals surface area (Å²) in [5.74, 6) is -0.561. The highest BCUT2D eigenvalue weighted by Gasteiger charge is 2.45. The van der Waals surface area contributed by atoms with Gasteiger partial charge in [-0.05, 0) is 67.5 Å². The Labute approximate surface area is 255 Å². The Morgan fingerprint density at radius 2 is 1.72 bits per heavy atom. The van der Waals surface area contributed by atoms with Gasteiger partial charge in [-0.25, -0.2) is 5.43 Å². The number of carbonyl (C=O) groups is 3. The first-order chi connectivity index (χ1) is 20.5. The van der Waals surface area contributed by atoms with Gasteiger partial charge in [0.25, 0.3) is 0 Å². The lowest BCUT2D eigenvalue weighted by molar-refractivity contribution is -0.148. The molecule has 1 aliphatic rings. The Bertz CT molecular complexity index is 1450. The van der Waals surface area contributed by atoms with Crippen molar-refractivity contribution in [2.75, 3.05) is 27.2 Å². The molecule has 1 fully saturated rings. The van der Waals surface area contributed by atoms with E-state index in [2.05, 4.69) is 23.0 Å². The number of nitrogens with zero attached hydrogens (tertiary/aromatic N) is 2. The van der Waals surface area contributed by atoms with Crippen molar-refractivity contribution >= 4 is 28.5 Å². The number of hydrazine groups is 1. The number of fused-ring (bicyclic) bond motifs is 1. The normalized spacial score (nSPS) is 18.0. The van der Waals surface area contributed by atoms with Crippen LogP contribution in [0.2, 0.25) is 0 Å². The Morgan fingerprint density at radius 3 is 2.42 bits per heavy atom. The highest BCUT2D eigenvalue weighted by molar-refractivity contribution is 5.93. The molecule has 0 bridgehead atoms. The molecule has 228 valence electrons. The van der Waals surface area contributed by atoms with E-state index < -0.39 is 17.0 Å². The first kappa shape index (κ1) is 31.9. The standard InChI is InChI=1S/C35H45N5O3/c1-34(2,36)19-10-16-31(41)39(4)30(23-27-17-18-28-14-8-9-15-29(28)22-27)32(42)40-21-11-20-35(25-40,33(43)38-37-3)24-26-12-6-5-7-13-26/h5-10,12-18,22,30,37H,11,19-21,23-25,36H2,1-4H3,(H,38,43)/b16-10+/t30?,35-/m1/s1. The fourth-order valence-corrected chi connectivity index (χ4v) is 5.89. The highest BCUT2D eigenvalue weighted by Crippen LogP contribution is 2.35. The van der Waals surface area contributed by atoms with E-state index in [9.17, 15) is 14.4 Å². The number of amides is 3. The van der Waals surface area contributed by atoms with Gasteiger partial charge < -0.3 is 15.5 Å². The van der Waals surface area contributed by atoms with Crippen LogP contribution in [-0.2, 0) is 27.2 Å². The van der Waals surface area contributed by atoms with E-state index in [0.717, 1.165) is 21.9 Å². The molecular weight excluding hydrogens is 538 g/mol. The van der Waals surface area contributed by atoms with Gasteiger partial charge in [-0.2, -0.15) is 0 Å². The summed E-state index contributed by atoms with van der Waals surface area (Å²) in [6, 6.07) is 23.4. The van der Waals surface area contributed by atoms with Gasteiger partial charge in [0.15, 0.2) is 0 Å². The topological polar surface area (TPSA) is 108 Å². The molecule has 1 heterocycles. The van der Waals surface area contributed by atoms with Crippen molar-refractivity contribution in [2.45, 2.75) is 57.5 Å². The molecule has 0 aliphatic carbocycles. The van der Waals surface area contributed by atoms with Crippen molar-refractivity contribution in [3.05, 3.63) is 96.1 Å². The van der Waals surface area contributed by atoms with Crippen molar-refractivity contribution in [1.29, 1.82) is 0 Å². The van der Waals surface area contributed by atoms with E-state index in [1.807, 2.05) is 74.5 Å². The van der Waals surface area contributed by atoms with Crippen molar-refractivity contribution in [1.82, 2.24) is 20.7 Å². The highest BCUT2D eigenvalue weighted by atomic mass is 16.2. The van der Waals surface area contributed by atoms with Crippen molar-refractivity contribution in [2.24, 2.45) is 11.1 Å². The number of hydrogen-bond acceptors (Lipinski definition) is 5. The van der Waals surface area contributed by atoms with Gasteiger partial charge in [-0.1, -0.05) is 78.9 Å². The van der Waals surface area contributed by atoms with Gasteiger partial charge in [-0.3, -0.25) is 19.8 Å². The van der Waals surface area contributed by atoms with Crippen molar-refractivity contribution in [3.63, 3.8) is 0 Å². The zero-order valence-corrected chi connectivity index (χ0v) is 25.8. The quantitative estimate of drug-likeness (QED) is 0.234. The maximum Gasteiger partial charge on any atom is 0.246 e. The summed E-state index contributed by atoms with van der Waals surface area (Å²) in [5, 5.41) is 2.19. The number of nitrogens with two attached hydrogens (primary N) is 1. The van der Waals surface area contributed by atoms with Crippen LogP contribution in [-0.4, -0.2) is 66.3 Å². The molecule has 2 atom stereocenters. The Morgan fingerprint density at radius 1 is 1.02 bits per heavy atom. The zero-order chi connectivity index (χ0) is 31.0. The third-order valence-corrected chi connectivity index (χ3v) is 8.24. The summed E-state index contributed by atoms with van der Waals surface area (Å²) >= 11 is 0. The SMILES string of the molecule is CNNC(=O)[C@@]1(Cc2ccccc2)CCCN(C(=O)C(Cc2ccc3ccccc3c2)N(C)C(=O)/C=C/CC(C)(C)N)C1. The van der Waals surface area contributed by atoms with Crippen LogP contribution in [0, 0.1) is 5.41 Å². The first-order valence-corrected chi connectivity index (χ1v) is 15.0. The van der Waals surface area contributed by atoms with E-state index >= 15 is 0 Å². The summed E-state index contributed by atoms with van der Waals surface area (Å²) in [6.45, 7) is 4.59. The Hall–Kier alpha value is -4.01. The molecule has 3 amide bonds. The lowest BCUT2D eigenvalue weighted by atomic mass is 9.74. The summed E-state index contributed by atoms with van der Waals surface area (Å²) in [7, 11) is 3.35. The summed E-state index contributed by atoms with van der Waals surface area (Å²) in [4.78, 5) is 44.6. The minimum absolute atomic E-state index is 0.140. The van der Waals surface area contributed by atoms with E-state index in [0.29, 0.717) is 38.6 Å². The molecule has 0 spiro atoms. The van der Waals surface area contributed by atoms with E-state index in [-0.39, 0.29) is 24.3 Å².